The zero-order valence-electron chi connectivity index (χ0n) is 18.9. The molecule has 0 fully saturated rings. The van der Waals surface area contributed by atoms with Crippen LogP contribution in [0.4, 0.5) is 5.69 Å². The minimum absolute atomic E-state index is 0.0282. The van der Waals surface area contributed by atoms with E-state index in [-0.39, 0.29) is 29.3 Å². The van der Waals surface area contributed by atoms with Gasteiger partial charge in [0, 0.05) is 0 Å². The van der Waals surface area contributed by atoms with Crippen LogP contribution in [0, 0.1) is 0 Å². The molecule has 2 heterocycles. The molecule has 0 bridgehead atoms. The number of carboxylic acids is 1. The van der Waals surface area contributed by atoms with E-state index in [9.17, 15) is 24.6 Å². The van der Waals surface area contributed by atoms with Crippen LogP contribution >= 0.6 is 0 Å². The number of hydrogen-bond donors (Lipinski definition) is 2. The molecule has 11 heteroatoms. The zero-order valence-corrected chi connectivity index (χ0v) is 18.9. The number of carboxylic acid groups (broad SMARTS) is 1. The summed E-state index contributed by atoms with van der Waals surface area (Å²) in [4.78, 5) is 46.5. The van der Waals surface area contributed by atoms with E-state index in [0.29, 0.717) is 11.4 Å². The van der Waals surface area contributed by atoms with Gasteiger partial charge in [0.25, 0.3) is 5.91 Å². The number of aliphatic carboxylic acids is 1. The maximum Gasteiger partial charge on any atom is 0.393 e. The van der Waals surface area contributed by atoms with Crippen molar-refractivity contribution in [3.63, 3.8) is 0 Å². The number of carbonyl (C=O) groups excluding carboxylic acids is 2. The molecule has 0 atom stereocenters. The molecule has 2 aromatic carbocycles. The van der Waals surface area contributed by atoms with Gasteiger partial charge in [-0.2, -0.15) is 24.8 Å². The van der Waals surface area contributed by atoms with Gasteiger partial charge in [-0.1, -0.05) is 42.5 Å². The first-order valence-electron chi connectivity index (χ1n) is 10.7. The van der Waals surface area contributed by atoms with Crippen molar-refractivity contribution in [1.82, 2.24) is 9.78 Å². The van der Waals surface area contributed by atoms with Crippen molar-refractivity contribution in [1.29, 1.82) is 0 Å². The number of hydrazone groups is 1. The Morgan fingerprint density at radius 3 is 2.28 bits per heavy atom. The molecule has 0 saturated heterocycles. The smallest absolute Gasteiger partial charge is 0.393 e. The first-order valence-corrected chi connectivity index (χ1v) is 10.7. The normalized spacial score (nSPS) is 14.5. The lowest BCUT2D eigenvalue weighted by Crippen LogP contribution is -2.22. The molecular formula is C25H20N4O7. The van der Waals surface area contributed by atoms with E-state index in [0.717, 1.165) is 9.69 Å². The van der Waals surface area contributed by atoms with Crippen molar-refractivity contribution in [3.8, 4) is 11.6 Å². The number of hydrogen-bond acceptors (Lipinski definition) is 8. The van der Waals surface area contributed by atoms with Crippen molar-refractivity contribution in [2.45, 2.75) is 6.92 Å². The summed E-state index contributed by atoms with van der Waals surface area (Å²) in [6, 6.07) is 16.9. The molecule has 36 heavy (non-hydrogen) atoms. The van der Waals surface area contributed by atoms with Gasteiger partial charge in [-0.25, -0.2) is 9.59 Å². The quantitative estimate of drug-likeness (QED) is 0.280. The number of benzene rings is 2. The van der Waals surface area contributed by atoms with Gasteiger partial charge in [-0.3, -0.25) is 9.68 Å². The first kappa shape index (κ1) is 24.1. The lowest BCUT2D eigenvalue weighted by molar-refractivity contribution is -0.237. The Morgan fingerprint density at radius 2 is 1.67 bits per heavy atom. The largest absolute Gasteiger partial charge is 0.493 e. The standard InChI is InChI=1S/C25H20N4O7/c1-2-35-36-25(34)21-19(23(31)29(27-21)17-12-7-4-8-13-17)15-9-14-18-20(24(32)33)26-28(22(18)30)16-10-5-3-6-11-16/h3-15,31H,2H2,1H3,(H,32,33). The minimum Gasteiger partial charge on any atom is -0.493 e. The third kappa shape index (κ3) is 4.76. The summed E-state index contributed by atoms with van der Waals surface area (Å²) in [6.45, 7) is 1.73. The second-order valence-electron chi connectivity index (χ2n) is 7.26. The molecule has 1 amide bonds. The second kappa shape index (κ2) is 10.5. The van der Waals surface area contributed by atoms with Crippen molar-refractivity contribution < 1.29 is 34.4 Å². The van der Waals surface area contributed by atoms with Crippen LogP contribution in [-0.4, -0.2) is 50.2 Å². The molecule has 11 nitrogen and oxygen atoms in total. The van der Waals surface area contributed by atoms with E-state index in [1.807, 2.05) is 0 Å². The molecule has 182 valence electrons. The molecule has 1 aliphatic rings. The monoisotopic (exact) mass is 488 g/mol. The Hall–Kier alpha value is -5.03. The highest BCUT2D eigenvalue weighted by Gasteiger charge is 2.34. The summed E-state index contributed by atoms with van der Waals surface area (Å²) < 4.78 is 1.14. The number of aromatic hydroxyl groups is 1. The fraction of sp³-hybridized carbons (Fsp3) is 0.0800. The number of nitrogens with zero attached hydrogens (tertiary/aromatic N) is 4. The van der Waals surface area contributed by atoms with Gasteiger partial charge in [-0.15, -0.1) is 0 Å². The summed E-state index contributed by atoms with van der Waals surface area (Å²) in [5, 5.41) is 29.4. The van der Waals surface area contributed by atoms with Crippen LogP contribution in [0.3, 0.4) is 0 Å². The third-order valence-corrected chi connectivity index (χ3v) is 4.95. The van der Waals surface area contributed by atoms with Gasteiger partial charge in [0.2, 0.25) is 5.88 Å². The minimum atomic E-state index is -1.39. The van der Waals surface area contributed by atoms with Crippen LogP contribution in [0.25, 0.3) is 11.8 Å². The van der Waals surface area contributed by atoms with E-state index in [2.05, 4.69) is 10.2 Å². The summed E-state index contributed by atoms with van der Waals surface area (Å²) in [5.74, 6) is -3.37. The predicted molar refractivity (Wildman–Crippen MR) is 128 cm³/mol. The van der Waals surface area contributed by atoms with E-state index in [4.69, 9.17) is 9.78 Å². The molecule has 1 aliphatic heterocycles. The Labute approximate surface area is 204 Å². The SMILES string of the molecule is CCOOC(=O)c1nn(-c2ccccc2)c(O)c1C=CC=C1C(=O)N(c2ccccc2)N=C1C(=O)O. The summed E-state index contributed by atoms with van der Waals surface area (Å²) in [5.41, 5.74) is -0.0425. The van der Waals surface area contributed by atoms with Gasteiger partial charge < -0.3 is 10.2 Å². The number of amides is 1. The summed E-state index contributed by atoms with van der Waals surface area (Å²) in [6.07, 6.45) is 3.84. The molecule has 3 aromatic rings. The van der Waals surface area contributed by atoms with Crippen LogP contribution in [0.2, 0.25) is 0 Å². The highest BCUT2D eigenvalue weighted by Crippen LogP contribution is 2.28. The molecule has 0 spiro atoms. The van der Waals surface area contributed by atoms with E-state index in [1.165, 1.54) is 18.2 Å². The number of allylic oxidation sites excluding steroid dienone is 2. The third-order valence-electron chi connectivity index (χ3n) is 4.95. The Bertz CT molecular complexity index is 1390. The van der Waals surface area contributed by atoms with Crippen molar-refractivity contribution in [2.24, 2.45) is 5.10 Å². The average molecular weight is 488 g/mol. The lowest BCUT2D eigenvalue weighted by atomic mass is 10.1. The number of para-hydroxylation sites is 2. The van der Waals surface area contributed by atoms with Crippen LogP contribution < -0.4 is 5.01 Å². The van der Waals surface area contributed by atoms with Crippen LogP contribution in [-0.2, 0) is 19.4 Å². The molecule has 0 saturated carbocycles. The second-order valence-corrected chi connectivity index (χ2v) is 7.26. The number of aromatic nitrogens is 2. The highest BCUT2D eigenvalue weighted by atomic mass is 17.2. The number of rotatable bonds is 8. The molecule has 4 rings (SSSR count). The Kier molecular flexibility index (Phi) is 7.02. The first-order chi connectivity index (χ1) is 17.4. The Morgan fingerprint density at radius 1 is 1.03 bits per heavy atom. The highest BCUT2D eigenvalue weighted by molar-refractivity contribution is 6.52. The molecule has 2 N–H and O–H groups in total. The van der Waals surface area contributed by atoms with E-state index in [1.54, 1.807) is 67.6 Å². The molecular weight excluding hydrogens is 468 g/mol. The van der Waals surface area contributed by atoms with Crippen LogP contribution in [0.5, 0.6) is 5.88 Å². The van der Waals surface area contributed by atoms with Crippen molar-refractivity contribution >= 4 is 35.3 Å². The fourth-order valence-corrected chi connectivity index (χ4v) is 3.33. The maximum absolute atomic E-state index is 12.9. The van der Waals surface area contributed by atoms with Crippen LogP contribution in [0.1, 0.15) is 23.0 Å². The van der Waals surface area contributed by atoms with Gasteiger partial charge in [0.15, 0.2) is 11.4 Å². The number of anilines is 1. The van der Waals surface area contributed by atoms with Crippen molar-refractivity contribution in [3.05, 3.63) is 89.6 Å². The Balaban J connectivity index is 1.71. The molecule has 0 unspecified atom stereocenters. The van der Waals surface area contributed by atoms with Crippen LogP contribution in [0.15, 0.2) is 83.5 Å². The summed E-state index contributed by atoms with van der Waals surface area (Å²) in [7, 11) is 0. The zero-order chi connectivity index (χ0) is 25.7. The lowest BCUT2D eigenvalue weighted by Gasteiger charge is -2.10. The fourth-order valence-electron chi connectivity index (χ4n) is 3.33. The molecule has 1 aromatic heterocycles. The average Bonchev–Trinajstić information content (AvgIpc) is 3.40. The summed E-state index contributed by atoms with van der Waals surface area (Å²) >= 11 is 0. The topological polar surface area (TPSA) is 144 Å². The van der Waals surface area contributed by atoms with E-state index >= 15 is 0 Å². The molecule has 0 radical (unpaired) electrons. The maximum atomic E-state index is 12.9. The molecule has 0 aliphatic carbocycles. The van der Waals surface area contributed by atoms with Gasteiger partial charge in [0.05, 0.1) is 29.1 Å². The van der Waals surface area contributed by atoms with Crippen molar-refractivity contribution in [2.75, 3.05) is 11.6 Å². The predicted octanol–water partition coefficient (Wildman–Crippen LogP) is 3.11. The van der Waals surface area contributed by atoms with Gasteiger partial charge in [0.1, 0.15) is 0 Å². The van der Waals surface area contributed by atoms with E-state index < -0.39 is 23.6 Å². The van der Waals surface area contributed by atoms with Gasteiger partial charge >= 0.3 is 11.9 Å². The van der Waals surface area contributed by atoms with Gasteiger partial charge in [-0.05, 0) is 43.3 Å². The number of carbonyl (C=O) groups is 3.